The predicted molar refractivity (Wildman–Crippen MR) is 123 cm³/mol. The summed E-state index contributed by atoms with van der Waals surface area (Å²) >= 11 is 9.34. The topological polar surface area (TPSA) is 72.2 Å². The zero-order chi connectivity index (χ0) is 20.7. The van der Waals surface area contributed by atoms with Gasteiger partial charge in [-0.15, -0.1) is 22.7 Å². The Bertz CT molecular complexity index is 1120. The van der Waals surface area contributed by atoms with Crippen molar-refractivity contribution in [1.29, 1.82) is 0 Å². The summed E-state index contributed by atoms with van der Waals surface area (Å²) in [5, 5.41) is 4.81. The number of aryl methyl sites for hydroxylation is 1. The largest absolute Gasteiger partial charge is 0.365 e. The molecule has 4 nitrogen and oxygen atoms in total. The average molecular weight is 447 g/mol. The van der Waals surface area contributed by atoms with Crippen LogP contribution in [-0.2, 0) is 12.8 Å². The third kappa shape index (κ3) is 3.81. The van der Waals surface area contributed by atoms with E-state index < -0.39 is 5.91 Å². The van der Waals surface area contributed by atoms with E-state index in [2.05, 4.69) is 12.2 Å². The van der Waals surface area contributed by atoms with Crippen LogP contribution in [0.5, 0.6) is 0 Å². The molecule has 7 heteroatoms. The summed E-state index contributed by atoms with van der Waals surface area (Å²) in [6.45, 7) is 4.20. The minimum atomic E-state index is -0.482. The highest BCUT2D eigenvalue weighted by Gasteiger charge is 2.29. The maximum absolute atomic E-state index is 13.0. The Labute approximate surface area is 183 Å². The van der Waals surface area contributed by atoms with E-state index in [4.69, 9.17) is 17.3 Å². The van der Waals surface area contributed by atoms with E-state index in [1.54, 1.807) is 0 Å². The lowest BCUT2D eigenvalue weighted by Gasteiger charge is -2.21. The number of carbonyl (C=O) groups is 2. The second kappa shape index (κ2) is 8.09. The Kier molecular flexibility index (Phi) is 5.69. The normalized spacial score (nSPS) is 16.0. The number of carbonyl (C=O) groups excluding carboxylic acids is 2. The Morgan fingerprint density at radius 2 is 2.10 bits per heavy atom. The highest BCUT2D eigenvalue weighted by molar-refractivity contribution is 7.22. The number of nitrogens with one attached hydrogen (secondary N) is 1. The van der Waals surface area contributed by atoms with E-state index in [-0.39, 0.29) is 5.91 Å². The van der Waals surface area contributed by atoms with Crippen LogP contribution >= 0.6 is 34.3 Å². The van der Waals surface area contributed by atoms with Crippen LogP contribution in [0.25, 0.3) is 10.1 Å². The van der Waals surface area contributed by atoms with Crippen molar-refractivity contribution in [3.05, 3.63) is 49.7 Å². The van der Waals surface area contributed by atoms with Gasteiger partial charge in [0, 0.05) is 15.0 Å². The number of halogens is 1. The second-order valence-corrected chi connectivity index (χ2v) is 10.2. The van der Waals surface area contributed by atoms with Gasteiger partial charge in [-0.05, 0) is 49.3 Å². The number of primary amides is 1. The fraction of sp³-hybridized carbons (Fsp3) is 0.364. The van der Waals surface area contributed by atoms with Crippen LogP contribution in [0.15, 0.2) is 18.2 Å². The molecule has 0 saturated carbocycles. The van der Waals surface area contributed by atoms with Gasteiger partial charge >= 0.3 is 0 Å². The van der Waals surface area contributed by atoms with E-state index in [0.717, 1.165) is 46.9 Å². The SMILES string of the molecule is CCC[C@@H]1CCc2c(sc(NC(=O)c3sc4cc(C)ccc4c3Cl)c2C(N)=O)C1. The molecule has 3 N–H and O–H groups in total. The summed E-state index contributed by atoms with van der Waals surface area (Å²) in [4.78, 5) is 26.8. The van der Waals surface area contributed by atoms with Gasteiger partial charge in [-0.2, -0.15) is 0 Å². The molecule has 1 atom stereocenters. The summed E-state index contributed by atoms with van der Waals surface area (Å²) in [6, 6.07) is 5.94. The Morgan fingerprint density at radius 3 is 2.83 bits per heavy atom. The van der Waals surface area contributed by atoms with Crippen molar-refractivity contribution in [2.45, 2.75) is 46.0 Å². The quantitative estimate of drug-likeness (QED) is 0.491. The van der Waals surface area contributed by atoms with Crippen LogP contribution in [0, 0.1) is 12.8 Å². The van der Waals surface area contributed by atoms with Gasteiger partial charge in [-0.3, -0.25) is 9.59 Å². The first-order valence-electron chi connectivity index (χ1n) is 9.83. The summed E-state index contributed by atoms with van der Waals surface area (Å²) in [5.74, 6) is -0.138. The molecule has 2 heterocycles. The molecule has 1 aliphatic rings. The number of thiophene rings is 2. The molecule has 0 aliphatic heterocycles. The number of fused-ring (bicyclic) bond motifs is 2. The van der Waals surface area contributed by atoms with Gasteiger partial charge < -0.3 is 11.1 Å². The average Bonchev–Trinajstić information content (AvgIpc) is 3.18. The lowest BCUT2D eigenvalue weighted by Crippen LogP contribution is -2.19. The predicted octanol–water partition coefficient (Wildman–Crippen LogP) is 6.18. The van der Waals surface area contributed by atoms with Crippen LogP contribution in [0.1, 0.15) is 62.2 Å². The molecule has 4 rings (SSSR count). The molecule has 2 amide bonds. The maximum Gasteiger partial charge on any atom is 0.267 e. The smallest absolute Gasteiger partial charge is 0.267 e. The molecule has 0 spiro atoms. The van der Waals surface area contributed by atoms with Gasteiger partial charge in [0.05, 0.1) is 10.6 Å². The number of hydrogen-bond acceptors (Lipinski definition) is 4. The van der Waals surface area contributed by atoms with E-state index in [0.29, 0.717) is 26.4 Å². The van der Waals surface area contributed by atoms with Gasteiger partial charge in [-0.25, -0.2) is 0 Å². The standard InChI is InChI=1S/C22H23ClN2O2S2/c1-3-4-12-6-8-13-16(10-12)29-22(17(13)20(24)26)25-21(27)19-18(23)14-7-5-11(2)9-15(14)28-19/h5,7,9,12H,3-4,6,8,10H2,1-2H3,(H2,24,26)(H,25,27)/t12-/m1/s1. The highest BCUT2D eigenvalue weighted by atomic mass is 35.5. The van der Waals surface area contributed by atoms with Crippen LogP contribution in [0.4, 0.5) is 5.00 Å². The lowest BCUT2D eigenvalue weighted by molar-refractivity contribution is 0.1000. The monoisotopic (exact) mass is 446 g/mol. The van der Waals surface area contributed by atoms with Crippen molar-refractivity contribution in [3.8, 4) is 0 Å². The first-order chi connectivity index (χ1) is 13.9. The minimum Gasteiger partial charge on any atom is -0.365 e. The van der Waals surface area contributed by atoms with Crippen molar-refractivity contribution in [2.24, 2.45) is 11.7 Å². The molecule has 0 saturated heterocycles. The van der Waals surface area contributed by atoms with E-state index in [1.165, 1.54) is 34.0 Å². The van der Waals surface area contributed by atoms with Crippen molar-refractivity contribution in [3.63, 3.8) is 0 Å². The molecule has 0 bridgehead atoms. The van der Waals surface area contributed by atoms with E-state index >= 15 is 0 Å². The number of nitrogens with two attached hydrogens (primary N) is 1. The molecule has 2 aromatic heterocycles. The number of amides is 2. The Balaban J connectivity index is 1.67. The maximum atomic E-state index is 13.0. The van der Waals surface area contributed by atoms with Gasteiger partial charge in [0.2, 0.25) is 0 Å². The molecular formula is C22H23ClN2O2S2. The molecular weight excluding hydrogens is 424 g/mol. The van der Waals surface area contributed by atoms with Crippen molar-refractivity contribution in [2.75, 3.05) is 5.32 Å². The molecule has 3 aromatic rings. The fourth-order valence-corrected chi connectivity index (χ4v) is 7.01. The molecule has 1 aliphatic carbocycles. The Hall–Kier alpha value is -1.89. The summed E-state index contributed by atoms with van der Waals surface area (Å²) < 4.78 is 0.975. The van der Waals surface area contributed by atoms with Gasteiger partial charge in [0.25, 0.3) is 11.8 Å². The number of rotatable bonds is 5. The number of benzene rings is 1. The van der Waals surface area contributed by atoms with Gasteiger partial charge in [-0.1, -0.05) is 43.5 Å². The summed E-state index contributed by atoms with van der Waals surface area (Å²) in [6.07, 6.45) is 5.19. The van der Waals surface area contributed by atoms with Crippen LogP contribution < -0.4 is 11.1 Å². The molecule has 152 valence electrons. The zero-order valence-corrected chi connectivity index (χ0v) is 18.8. The van der Waals surface area contributed by atoms with Crippen LogP contribution in [0.3, 0.4) is 0 Å². The first kappa shape index (κ1) is 20.4. The third-order valence-electron chi connectivity index (χ3n) is 5.53. The Morgan fingerprint density at radius 1 is 1.31 bits per heavy atom. The number of hydrogen-bond donors (Lipinski definition) is 2. The number of anilines is 1. The van der Waals surface area contributed by atoms with Gasteiger partial charge in [0.1, 0.15) is 9.88 Å². The molecule has 29 heavy (non-hydrogen) atoms. The van der Waals surface area contributed by atoms with E-state index in [1.807, 2.05) is 25.1 Å². The fourth-order valence-electron chi connectivity index (χ4n) is 4.14. The summed E-state index contributed by atoms with van der Waals surface area (Å²) in [5.41, 5.74) is 8.30. The lowest BCUT2D eigenvalue weighted by atomic mass is 9.84. The zero-order valence-electron chi connectivity index (χ0n) is 16.4. The molecule has 1 aromatic carbocycles. The molecule has 0 unspecified atom stereocenters. The van der Waals surface area contributed by atoms with Crippen LogP contribution in [0.2, 0.25) is 5.02 Å². The third-order valence-corrected chi connectivity index (χ3v) is 8.35. The van der Waals surface area contributed by atoms with Crippen molar-refractivity contribution in [1.82, 2.24) is 0 Å². The summed E-state index contributed by atoms with van der Waals surface area (Å²) in [7, 11) is 0. The molecule has 0 radical (unpaired) electrons. The first-order valence-corrected chi connectivity index (χ1v) is 11.8. The van der Waals surface area contributed by atoms with Crippen molar-refractivity contribution >= 4 is 61.2 Å². The van der Waals surface area contributed by atoms with Crippen LogP contribution in [-0.4, -0.2) is 11.8 Å². The van der Waals surface area contributed by atoms with E-state index in [9.17, 15) is 9.59 Å². The second-order valence-electron chi connectivity index (χ2n) is 7.67. The minimum absolute atomic E-state index is 0.292. The van der Waals surface area contributed by atoms with Crippen molar-refractivity contribution < 1.29 is 9.59 Å². The highest BCUT2D eigenvalue weighted by Crippen LogP contribution is 2.42. The molecule has 0 fully saturated rings. The van der Waals surface area contributed by atoms with Gasteiger partial charge in [0.15, 0.2) is 0 Å².